The van der Waals surface area contributed by atoms with Crippen LogP contribution in [0.25, 0.3) is 6.08 Å². The van der Waals surface area contributed by atoms with E-state index >= 15 is 0 Å². The van der Waals surface area contributed by atoms with E-state index in [9.17, 15) is 10.1 Å². The van der Waals surface area contributed by atoms with Gasteiger partial charge in [-0.25, -0.2) is 0 Å². The van der Waals surface area contributed by atoms with Gasteiger partial charge in [0.05, 0.1) is 16.7 Å². The summed E-state index contributed by atoms with van der Waals surface area (Å²) in [6, 6.07) is 12.6. The van der Waals surface area contributed by atoms with Crippen LogP contribution < -0.4 is 10.1 Å². The van der Waals surface area contributed by atoms with Gasteiger partial charge in [0.2, 0.25) is 0 Å². The molecule has 0 aliphatic rings. The predicted molar refractivity (Wildman–Crippen MR) is 129 cm³/mol. The predicted octanol–water partition coefficient (Wildman–Crippen LogP) is 7.59. The minimum absolute atomic E-state index is 0.0452. The van der Waals surface area contributed by atoms with Crippen molar-refractivity contribution in [3.8, 4) is 11.8 Å². The van der Waals surface area contributed by atoms with Crippen molar-refractivity contribution in [1.29, 1.82) is 5.26 Å². The van der Waals surface area contributed by atoms with Crippen LogP contribution in [0.15, 0.2) is 42.0 Å². The quantitative estimate of drug-likeness (QED) is 0.214. The van der Waals surface area contributed by atoms with Crippen molar-refractivity contribution in [1.82, 2.24) is 0 Å². The van der Waals surface area contributed by atoms with Crippen LogP contribution in [0.1, 0.15) is 56.6 Å². The third kappa shape index (κ3) is 7.94. The van der Waals surface area contributed by atoms with Gasteiger partial charge in [-0.15, -0.1) is 0 Å². The molecule has 0 radical (unpaired) electrons. The summed E-state index contributed by atoms with van der Waals surface area (Å²) in [6.07, 6.45) is 8.45. The van der Waals surface area contributed by atoms with E-state index in [2.05, 4.69) is 12.2 Å². The number of ether oxygens (including phenoxy) is 1. The van der Waals surface area contributed by atoms with E-state index in [-0.39, 0.29) is 5.57 Å². The molecule has 6 heteroatoms. The third-order valence-electron chi connectivity index (χ3n) is 4.83. The Bertz CT molecular complexity index is 941. The zero-order valence-corrected chi connectivity index (χ0v) is 19.5. The molecular weight excluding hydrogens is 431 g/mol. The van der Waals surface area contributed by atoms with Gasteiger partial charge in [-0.3, -0.25) is 4.79 Å². The number of nitriles is 1. The fourth-order valence-corrected chi connectivity index (χ4v) is 3.69. The second kappa shape index (κ2) is 13.0. The zero-order chi connectivity index (χ0) is 22.6. The number of rotatable bonds is 11. The van der Waals surface area contributed by atoms with Crippen LogP contribution in [-0.4, -0.2) is 12.5 Å². The molecule has 0 saturated heterocycles. The number of hydrogen-bond acceptors (Lipinski definition) is 3. The van der Waals surface area contributed by atoms with E-state index in [1.807, 2.05) is 31.2 Å². The maximum Gasteiger partial charge on any atom is 0.266 e. The van der Waals surface area contributed by atoms with Crippen molar-refractivity contribution in [3.05, 3.63) is 63.1 Å². The smallest absolute Gasteiger partial charge is 0.266 e. The number of unbranched alkanes of at least 4 members (excludes halogenated alkanes) is 5. The number of anilines is 1. The fraction of sp³-hybridized carbons (Fsp3) is 0.360. The first-order valence-corrected chi connectivity index (χ1v) is 11.3. The fourth-order valence-electron chi connectivity index (χ4n) is 3.08. The van der Waals surface area contributed by atoms with E-state index in [1.54, 1.807) is 18.2 Å². The van der Waals surface area contributed by atoms with Crippen LogP contribution in [-0.2, 0) is 4.79 Å². The van der Waals surface area contributed by atoms with E-state index < -0.39 is 5.91 Å². The number of nitrogens with one attached hydrogen (secondary N) is 1. The summed E-state index contributed by atoms with van der Waals surface area (Å²) in [5, 5.41) is 12.9. The highest BCUT2D eigenvalue weighted by Gasteiger charge is 2.13. The summed E-state index contributed by atoms with van der Waals surface area (Å²) >= 11 is 12.7. The van der Waals surface area contributed by atoms with Gasteiger partial charge in [-0.05, 0) is 48.7 Å². The van der Waals surface area contributed by atoms with Crippen LogP contribution in [0.4, 0.5) is 5.69 Å². The molecule has 0 heterocycles. The molecule has 0 aliphatic heterocycles. The molecule has 164 valence electrons. The van der Waals surface area contributed by atoms with Gasteiger partial charge in [0.1, 0.15) is 11.6 Å². The number of para-hydroxylation sites is 1. The molecule has 1 N–H and O–H groups in total. The normalized spacial score (nSPS) is 11.1. The molecule has 1 amide bonds. The Morgan fingerprint density at radius 1 is 1.10 bits per heavy atom. The third-order valence-corrected chi connectivity index (χ3v) is 5.40. The molecule has 31 heavy (non-hydrogen) atoms. The molecule has 0 unspecified atom stereocenters. The minimum atomic E-state index is -0.493. The van der Waals surface area contributed by atoms with Crippen molar-refractivity contribution < 1.29 is 9.53 Å². The Hall–Kier alpha value is -2.48. The summed E-state index contributed by atoms with van der Waals surface area (Å²) in [4.78, 5) is 12.5. The summed E-state index contributed by atoms with van der Waals surface area (Å²) in [5.74, 6) is -0.0654. The van der Waals surface area contributed by atoms with Gasteiger partial charge < -0.3 is 10.1 Å². The molecule has 0 atom stereocenters. The molecule has 0 saturated carbocycles. The Labute approximate surface area is 194 Å². The lowest BCUT2D eigenvalue weighted by Crippen LogP contribution is -2.14. The molecule has 2 aromatic carbocycles. The van der Waals surface area contributed by atoms with Crippen molar-refractivity contribution in [2.75, 3.05) is 11.9 Å². The SMILES string of the molecule is CCCCCCCCOc1c(Cl)cc(/C=C(/C#N)C(=O)Nc2ccccc2C)cc1Cl. The first kappa shape index (κ1) is 24.8. The van der Waals surface area contributed by atoms with Crippen LogP contribution in [0.5, 0.6) is 5.75 Å². The maximum absolute atomic E-state index is 12.5. The van der Waals surface area contributed by atoms with Crippen molar-refractivity contribution in [3.63, 3.8) is 0 Å². The number of benzene rings is 2. The molecular formula is C25H28Cl2N2O2. The molecule has 0 aliphatic carbocycles. The summed E-state index contributed by atoms with van der Waals surface area (Å²) in [5.41, 5.74) is 2.07. The van der Waals surface area contributed by atoms with Gasteiger partial charge in [-0.1, -0.05) is 80.4 Å². The number of aryl methyl sites for hydroxylation is 1. The highest BCUT2D eigenvalue weighted by atomic mass is 35.5. The van der Waals surface area contributed by atoms with Crippen molar-refractivity contribution >= 4 is 40.9 Å². The van der Waals surface area contributed by atoms with E-state index in [4.69, 9.17) is 27.9 Å². The summed E-state index contributed by atoms with van der Waals surface area (Å²) in [7, 11) is 0. The number of carbonyl (C=O) groups is 1. The lowest BCUT2D eigenvalue weighted by molar-refractivity contribution is -0.112. The molecule has 0 aromatic heterocycles. The second-order valence-electron chi connectivity index (χ2n) is 7.37. The Kier molecular flexibility index (Phi) is 10.4. The summed E-state index contributed by atoms with van der Waals surface area (Å²) < 4.78 is 5.77. The zero-order valence-electron chi connectivity index (χ0n) is 18.0. The lowest BCUT2D eigenvalue weighted by atomic mass is 10.1. The van der Waals surface area contributed by atoms with Crippen LogP contribution >= 0.6 is 23.2 Å². The number of hydrogen-bond donors (Lipinski definition) is 1. The number of amides is 1. The van der Waals surface area contributed by atoms with Crippen LogP contribution in [0.2, 0.25) is 10.0 Å². The molecule has 2 aromatic rings. The summed E-state index contributed by atoms with van der Waals surface area (Å²) in [6.45, 7) is 4.63. The van der Waals surface area contributed by atoms with Gasteiger partial charge in [0, 0.05) is 5.69 Å². The molecule has 2 rings (SSSR count). The van der Waals surface area contributed by atoms with E-state index in [0.717, 1.165) is 18.4 Å². The lowest BCUT2D eigenvalue weighted by Gasteiger charge is -2.11. The van der Waals surface area contributed by atoms with Crippen molar-refractivity contribution in [2.24, 2.45) is 0 Å². The number of nitrogens with zero attached hydrogens (tertiary/aromatic N) is 1. The Morgan fingerprint density at radius 3 is 2.39 bits per heavy atom. The second-order valence-corrected chi connectivity index (χ2v) is 8.18. The first-order chi connectivity index (χ1) is 15.0. The van der Waals surface area contributed by atoms with E-state index in [0.29, 0.717) is 33.7 Å². The van der Waals surface area contributed by atoms with Crippen LogP contribution in [0.3, 0.4) is 0 Å². The number of carbonyl (C=O) groups excluding carboxylic acids is 1. The molecule has 0 fully saturated rings. The Morgan fingerprint density at radius 2 is 1.74 bits per heavy atom. The average molecular weight is 459 g/mol. The molecule has 0 bridgehead atoms. The van der Waals surface area contributed by atoms with Gasteiger partial charge in [0.25, 0.3) is 5.91 Å². The highest BCUT2D eigenvalue weighted by molar-refractivity contribution is 6.37. The van der Waals surface area contributed by atoms with Crippen molar-refractivity contribution in [2.45, 2.75) is 52.4 Å². The largest absolute Gasteiger partial charge is 0.490 e. The molecule has 4 nitrogen and oxygen atoms in total. The topological polar surface area (TPSA) is 62.1 Å². The van der Waals surface area contributed by atoms with Gasteiger partial charge >= 0.3 is 0 Å². The molecule has 0 spiro atoms. The van der Waals surface area contributed by atoms with Crippen LogP contribution in [0, 0.1) is 18.3 Å². The van der Waals surface area contributed by atoms with E-state index in [1.165, 1.54) is 31.8 Å². The minimum Gasteiger partial charge on any atom is -0.490 e. The maximum atomic E-state index is 12.5. The highest BCUT2D eigenvalue weighted by Crippen LogP contribution is 2.35. The Balaban J connectivity index is 2.03. The average Bonchev–Trinajstić information content (AvgIpc) is 2.74. The van der Waals surface area contributed by atoms with Gasteiger partial charge in [0.15, 0.2) is 5.75 Å². The number of halogens is 2. The standard InChI is InChI=1S/C25H28Cl2N2O2/c1-3-4-5-6-7-10-13-31-24-21(26)15-19(16-22(24)27)14-20(17-28)25(30)29-23-12-9-8-11-18(23)2/h8-9,11-12,14-16H,3-7,10,13H2,1-2H3,(H,29,30)/b20-14-. The first-order valence-electron chi connectivity index (χ1n) is 10.6. The monoisotopic (exact) mass is 458 g/mol. The van der Waals surface area contributed by atoms with Gasteiger partial charge in [-0.2, -0.15) is 5.26 Å².